The number of nitro benzene ring substituents is 1. The van der Waals surface area contributed by atoms with Crippen molar-refractivity contribution in [3.05, 3.63) is 99.1 Å². The topological polar surface area (TPSA) is 119 Å². The second kappa shape index (κ2) is 9.91. The Morgan fingerprint density at radius 1 is 0.972 bits per heavy atom. The molecule has 0 bridgehead atoms. The normalized spacial score (nSPS) is 16.8. The van der Waals surface area contributed by atoms with Gasteiger partial charge in [0.1, 0.15) is 17.3 Å². The minimum atomic E-state index is -0.956. The first-order chi connectivity index (χ1) is 17.3. The molecule has 1 N–H and O–H groups in total. The lowest BCUT2D eigenvalue weighted by atomic mass is 9.94. The highest BCUT2D eigenvalue weighted by atomic mass is 16.6. The molecule has 0 aliphatic carbocycles. The summed E-state index contributed by atoms with van der Waals surface area (Å²) in [6.07, 6.45) is 0.802. The Kier molecular flexibility index (Phi) is 6.73. The second-order valence-electron chi connectivity index (χ2n) is 8.14. The van der Waals surface area contributed by atoms with Gasteiger partial charge < -0.3 is 14.6 Å². The lowest BCUT2D eigenvalue weighted by molar-refractivity contribution is -0.384. The van der Waals surface area contributed by atoms with Crippen molar-refractivity contribution in [3.63, 3.8) is 0 Å². The van der Waals surface area contributed by atoms with Crippen LogP contribution in [0.25, 0.3) is 5.76 Å². The van der Waals surface area contributed by atoms with Crippen molar-refractivity contribution in [1.82, 2.24) is 0 Å². The fourth-order valence-electron chi connectivity index (χ4n) is 4.18. The number of hydrogen-bond acceptors (Lipinski definition) is 7. The van der Waals surface area contributed by atoms with Crippen LogP contribution in [0.2, 0.25) is 0 Å². The van der Waals surface area contributed by atoms with Crippen molar-refractivity contribution in [1.29, 1.82) is 0 Å². The van der Waals surface area contributed by atoms with Crippen molar-refractivity contribution in [2.75, 3.05) is 19.1 Å². The molecule has 3 aromatic rings. The summed E-state index contributed by atoms with van der Waals surface area (Å²) in [6.45, 7) is 2.01. The zero-order valence-corrected chi connectivity index (χ0v) is 19.9. The summed E-state index contributed by atoms with van der Waals surface area (Å²) in [5.74, 6) is -1.30. The number of hydrogen-bond donors (Lipinski definition) is 1. The highest BCUT2D eigenvalue weighted by Crippen LogP contribution is 2.44. The second-order valence-corrected chi connectivity index (χ2v) is 8.14. The Bertz CT molecular complexity index is 1340. The Hall–Kier alpha value is -4.66. The molecule has 1 amide bonds. The van der Waals surface area contributed by atoms with Gasteiger partial charge >= 0.3 is 0 Å². The van der Waals surface area contributed by atoms with E-state index in [0.29, 0.717) is 22.7 Å². The Labute approximate surface area is 207 Å². The number of carbonyl (C=O) groups is 2. The lowest BCUT2D eigenvalue weighted by Gasteiger charge is -2.26. The predicted octanol–water partition coefficient (Wildman–Crippen LogP) is 4.80. The third-order valence-corrected chi connectivity index (χ3v) is 6.11. The molecule has 0 saturated carbocycles. The summed E-state index contributed by atoms with van der Waals surface area (Å²) in [6, 6.07) is 16.4. The first-order valence-electron chi connectivity index (χ1n) is 11.2. The monoisotopic (exact) mass is 488 g/mol. The number of rotatable bonds is 7. The number of non-ortho nitro benzene ring substituents is 1. The highest BCUT2D eigenvalue weighted by molar-refractivity contribution is 6.51. The summed E-state index contributed by atoms with van der Waals surface area (Å²) in [4.78, 5) is 38.4. The van der Waals surface area contributed by atoms with E-state index < -0.39 is 28.4 Å². The van der Waals surface area contributed by atoms with E-state index in [9.17, 15) is 24.8 Å². The van der Waals surface area contributed by atoms with Gasteiger partial charge in [0.2, 0.25) is 0 Å². The van der Waals surface area contributed by atoms with Crippen LogP contribution in [-0.2, 0) is 16.0 Å². The molecule has 184 valence electrons. The maximum absolute atomic E-state index is 13.4. The van der Waals surface area contributed by atoms with E-state index in [1.165, 1.54) is 43.4 Å². The molecule has 36 heavy (non-hydrogen) atoms. The first kappa shape index (κ1) is 24.5. The fourth-order valence-corrected chi connectivity index (χ4v) is 4.18. The van der Waals surface area contributed by atoms with Crippen molar-refractivity contribution < 1.29 is 29.1 Å². The maximum atomic E-state index is 13.4. The van der Waals surface area contributed by atoms with Gasteiger partial charge in [0.25, 0.3) is 17.4 Å². The number of aliphatic hydroxyl groups excluding tert-OH is 1. The Morgan fingerprint density at radius 3 is 2.06 bits per heavy atom. The van der Waals surface area contributed by atoms with Crippen LogP contribution in [0.4, 0.5) is 11.4 Å². The quantitative estimate of drug-likeness (QED) is 0.167. The van der Waals surface area contributed by atoms with Crippen molar-refractivity contribution >= 4 is 28.8 Å². The zero-order valence-electron chi connectivity index (χ0n) is 19.9. The van der Waals surface area contributed by atoms with Gasteiger partial charge in [-0.1, -0.05) is 31.2 Å². The SMILES string of the molecule is CCc1ccc(C2/C(=C(\O)c3ccc([N+](=O)[O-])cc3)C(=O)C(=O)N2c2cc(OC)cc(OC)c2)cc1. The molecule has 1 fully saturated rings. The lowest BCUT2D eigenvalue weighted by Crippen LogP contribution is -2.29. The van der Waals surface area contributed by atoms with Crippen molar-refractivity contribution in [3.8, 4) is 11.5 Å². The number of Topliss-reactive ketones (excluding diaryl/α,β-unsaturated/α-hetero) is 1. The number of ketones is 1. The van der Waals surface area contributed by atoms with Crippen LogP contribution in [-0.4, -0.2) is 35.9 Å². The van der Waals surface area contributed by atoms with Gasteiger partial charge in [0, 0.05) is 35.9 Å². The van der Waals surface area contributed by atoms with Gasteiger partial charge in [-0.25, -0.2) is 0 Å². The van der Waals surface area contributed by atoms with E-state index in [1.54, 1.807) is 18.2 Å². The van der Waals surface area contributed by atoms with Crippen LogP contribution in [0, 0.1) is 10.1 Å². The molecule has 1 aliphatic heterocycles. The van der Waals surface area contributed by atoms with E-state index in [4.69, 9.17) is 9.47 Å². The number of benzene rings is 3. The standard InChI is InChI=1S/C27H24N2O7/c1-4-16-5-7-17(8-6-16)24-23(25(30)18-9-11-19(12-10-18)29(33)34)26(31)27(32)28(24)20-13-21(35-2)15-22(14-20)36-3/h5-15,24,30H,4H2,1-3H3/b25-23+. The van der Waals surface area contributed by atoms with Gasteiger partial charge in [-0.05, 0) is 29.7 Å². The summed E-state index contributed by atoms with van der Waals surface area (Å²) >= 11 is 0. The molecule has 1 aliphatic rings. The molecule has 9 nitrogen and oxygen atoms in total. The number of nitrogens with zero attached hydrogens (tertiary/aromatic N) is 2. The maximum Gasteiger partial charge on any atom is 0.300 e. The molecule has 9 heteroatoms. The number of methoxy groups -OCH3 is 2. The largest absolute Gasteiger partial charge is 0.507 e. The summed E-state index contributed by atoms with van der Waals surface area (Å²) in [5.41, 5.74) is 1.91. The van der Waals surface area contributed by atoms with Crippen LogP contribution in [0.1, 0.15) is 29.7 Å². The van der Waals surface area contributed by atoms with Gasteiger partial charge in [-0.15, -0.1) is 0 Å². The number of anilines is 1. The summed E-state index contributed by atoms with van der Waals surface area (Å²) < 4.78 is 10.7. The minimum Gasteiger partial charge on any atom is -0.507 e. The van der Waals surface area contributed by atoms with Crippen LogP contribution in [0.3, 0.4) is 0 Å². The molecular weight excluding hydrogens is 464 g/mol. The van der Waals surface area contributed by atoms with Gasteiger partial charge in [-0.2, -0.15) is 0 Å². The number of ether oxygens (including phenoxy) is 2. The number of carbonyl (C=O) groups excluding carboxylic acids is 2. The molecular formula is C27H24N2O7. The minimum absolute atomic E-state index is 0.125. The molecule has 4 rings (SSSR count). The molecule has 1 heterocycles. The number of amides is 1. The van der Waals surface area contributed by atoms with E-state index >= 15 is 0 Å². The van der Waals surface area contributed by atoms with Crippen LogP contribution >= 0.6 is 0 Å². The predicted molar refractivity (Wildman–Crippen MR) is 133 cm³/mol. The molecule has 1 unspecified atom stereocenters. The number of nitro groups is 1. The van der Waals surface area contributed by atoms with Crippen molar-refractivity contribution in [2.45, 2.75) is 19.4 Å². The average Bonchev–Trinajstić information content (AvgIpc) is 3.18. The van der Waals surface area contributed by atoms with Gasteiger partial charge in [-0.3, -0.25) is 24.6 Å². The molecule has 0 spiro atoms. The van der Waals surface area contributed by atoms with Crippen LogP contribution < -0.4 is 14.4 Å². The van der Waals surface area contributed by atoms with E-state index in [-0.39, 0.29) is 16.8 Å². The Balaban J connectivity index is 1.93. The van der Waals surface area contributed by atoms with Crippen molar-refractivity contribution in [2.24, 2.45) is 0 Å². The Morgan fingerprint density at radius 2 is 1.56 bits per heavy atom. The number of aliphatic hydroxyl groups is 1. The molecule has 0 aromatic heterocycles. The molecule has 0 radical (unpaired) electrons. The van der Waals surface area contributed by atoms with Crippen LogP contribution in [0.15, 0.2) is 72.3 Å². The third kappa shape index (κ3) is 4.38. The third-order valence-electron chi connectivity index (χ3n) is 6.11. The number of aryl methyl sites for hydroxylation is 1. The highest BCUT2D eigenvalue weighted by Gasteiger charge is 2.47. The van der Waals surface area contributed by atoms with Gasteiger partial charge in [0.15, 0.2) is 0 Å². The molecule has 3 aromatic carbocycles. The molecule has 1 atom stereocenters. The summed E-state index contributed by atoms with van der Waals surface area (Å²) in [5, 5.41) is 22.2. The van der Waals surface area contributed by atoms with E-state index in [1.807, 2.05) is 31.2 Å². The fraction of sp³-hybridized carbons (Fsp3) is 0.185. The van der Waals surface area contributed by atoms with Gasteiger partial charge in [0.05, 0.1) is 36.4 Å². The average molecular weight is 488 g/mol. The van der Waals surface area contributed by atoms with Crippen LogP contribution in [0.5, 0.6) is 11.5 Å². The van der Waals surface area contributed by atoms with E-state index in [0.717, 1.165) is 12.0 Å². The molecule has 1 saturated heterocycles. The zero-order chi connectivity index (χ0) is 26.0. The first-order valence-corrected chi connectivity index (χ1v) is 11.2. The van der Waals surface area contributed by atoms with E-state index in [2.05, 4.69) is 0 Å². The summed E-state index contributed by atoms with van der Waals surface area (Å²) in [7, 11) is 2.95. The smallest absolute Gasteiger partial charge is 0.300 e.